The van der Waals surface area contributed by atoms with Gasteiger partial charge in [0.05, 0.1) is 12.6 Å². The van der Waals surface area contributed by atoms with E-state index in [-0.39, 0.29) is 11.9 Å². The van der Waals surface area contributed by atoms with Gasteiger partial charge in [-0.3, -0.25) is 4.79 Å². The van der Waals surface area contributed by atoms with Crippen LogP contribution in [0.25, 0.3) is 0 Å². The first kappa shape index (κ1) is 12.4. The highest BCUT2D eigenvalue weighted by Gasteiger charge is 2.19. The number of amides is 1. The van der Waals surface area contributed by atoms with Gasteiger partial charge < -0.3 is 15.4 Å². The van der Waals surface area contributed by atoms with Crippen LogP contribution in [0.2, 0.25) is 0 Å². The smallest absolute Gasteiger partial charge is 0.239 e. The molecule has 0 aromatic rings. The summed E-state index contributed by atoms with van der Waals surface area (Å²) in [4.78, 5) is 13.3. The summed E-state index contributed by atoms with van der Waals surface area (Å²) in [6.45, 7) is 6.79. The molecule has 1 amide bonds. The first-order valence-corrected chi connectivity index (χ1v) is 4.55. The zero-order valence-corrected chi connectivity index (χ0v) is 8.91. The predicted molar refractivity (Wildman–Crippen MR) is 52.4 cm³/mol. The van der Waals surface area contributed by atoms with Crippen molar-refractivity contribution in [3.63, 3.8) is 0 Å². The molecule has 0 saturated heterocycles. The Balaban J connectivity index is 4.16. The van der Waals surface area contributed by atoms with Gasteiger partial charge in [-0.15, -0.1) is 0 Å². The lowest BCUT2D eigenvalue weighted by Crippen LogP contribution is -2.46. The summed E-state index contributed by atoms with van der Waals surface area (Å²) in [6.07, 6.45) is 0. The van der Waals surface area contributed by atoms with E-state index in [1.54, 1.807) is 18.9 Å². The summed E-state index contributed by atoms with van der Waals surface area (Å²) in [5.41, 5.74) is 5.51. The van der Waals surface area contributed by atoms with Gasteiger partial charge in [0.1, 0.15) is 0 Å². The second kappa shape index (κ2) is 5.94. The molecule has 0 spiro atoms. The van der Waals surface area contributed by atoms with Crippen molar-refractivity contribution in [3.05, 3.63) is 0 Å². The number of nitrogens with two attached hydrogens (primary N) is 1. The van der Waals surface area contributed by atoms with Gasteiger partial charge in [-0.05, 0) is 20.8 Å². The number of hydrogen-bond acceptors (Lipinski definition) is 3. The number of nitrogens with zero attached hydrogens (tertiary/aromatic N) is 1. The summed E-state index contributed by atoms with van der Waals surface area (Å²) in [6, 6.07) is -0.257. The van der Waals surface area contributed by atoms with Crippen LogP contribution in [0.1, 0.15) is 20.8 Å². The highest BCUT2D eigenvalue weighted by molar-refractivity contribution is 5.81. The van der Waals surface area contributed by atoms with Crippen molar-refractivity contribution in [1.82, 2.24) is 4.90 Å². The minimum absolute atomic E-state index is 0.0212. The third-order valence-electron chi connectivity index (χ3n) is 1.83. The van der Waals surface area contributed by atoms with Crippen LogP contribution in [0.3, 0.4) is 0 Å². The van der Waals surface area contributed by atoms with Gasteiger partial charge in [-0.25, -0.2) is 0 Å². The van der Waals surface area contributed by atoms with Gasteiger partial charge in [-0.1, -0.05) is 0 Å². The number of rotatable bonds is 5. The zero-order chi connectivity index (χ0) is 10.4. The number of methoxy groups -OCH3 is 1. The Labute approximate surface area is 80.0 Å². The molecule has 4 nitrogen and oxygen atoms in total. The quantitative estimate of drug-likeness (QED) is 0.671. The van der Waals surface area contributed by atoms with E-state index < -0.39 is 6.04 Å². The third kappa shape index (κ3) is 4.24. The lowest BCUT2D eigenvalue weighted by atomic mass is 10.2. The number of hydrogen-bond donors (Lipinski definition) is 1. The van der Waals surface area contributed by atoms with Crippen LogP contribution in [0.5, 0.6) is 0 Å². The van der Waals surface area contributed by atoms with Crippen LogP contribution < -0.4 is 5.73 Å². The zero-order valence-electron chi connectivity index (χ0n) is 8.91. The van der Waals surface area contributed by atoms with Crippen LogP contribution in [0.4, 0.5) is 0 Å². The molecule has 78 valence electrons. The molecule has 0 bridgehead atoms. The molecule has 0 aliphatic rings. The van der Waals surface area contributed by atoms with Gasteiger partial charge in [0.25, 0.3) is 0 Å². The van der Waals surface area contributed by atoms with Crippen LogP contribution in [0.15, 0.2) is 0 Å². The van der Waals surface area contributed by atoms with E-state index >= 15 is 0 Å². The fourth-order valence-electron chi connectivity index (χ4n) is 1.07. The molecule has 4 heteroatoms. The predicted octanol–water partition coefficient (Wildman–Crippen LogP) is 0.217. The Morgan fingerprint density at radius 1 is 1.46 bits per heavy atom. The molecule has 0 aliphatic heterocycles. The molecule has 0 unspecified atom stereocenters. The Morgan fingerprint density at radius 3 is 2.31 bits per heavy atom. The van der Waals surface area contributed by atoms with Crippen molar-refractivity contribution in [2.45, 2.75) is 32.9 Å². The fourth-order valence-corrected chi connectivity index (χ4v) is 1.07. The summed E-state index contributed by atoms with van der Waals surface area (Å²) in [5.74, 6) is -0.0212. The van der Waals surface area contributed by atoms with E-state index in [9.17, 15) is 4.79 Å². The lowest BCUT2D eigenvalue weighted by molar-refractivity contribution is -0.134. The van der Waals surface area contributed by atoms with Gasteiger partial charge in [-0.2, -0.15) is 0 Å². The average molecular weight is 188 g/mol. The Bertz CT molecular complexity index is 158. The largest absolute Gasteiger partial charge is 0.383 e. The highest BCUT2D eigenvalue weighted by Crippen LogP contribution is 2.00. The second-order valence-electron chi connectivity index (χ2n) is 3.41. The maximum Gasteiger partial charge on any atom is 0.239 e. The van der Waals surface area contributed by atoms with Crippen molar-refractivity contribution in [2.24, 2.45) is 5.73 Å². The minimum Gasteiger partial charge on any atom is -0.383 e. The average Bonchev–Trinajstić information content (AvgIpc) is 2.04. The number of carbonyl (C=O) groups is 1. The maximum absolute atomic E-state index is 11.5. The van der Waals surface area contributed by atoms with E-state index in [4.69, 9.17) is 10.5 Å². The Morgan fingerprint density at radius 2 is 2.00 bits per heavy atom. The van der Waals surface area contributed by atoms with E-state index in [1.807, 2.05) is 13.8 Å². The molecule has 0 heterocycles. The van der Waals surface area contributed by atoms with Gasteiger partial charge in [0, 0.05) is 19.7 Å². The van der Waals surface area contributed by atoms with Crippen molar-refractivity contribution in [3.8, 4) is 0 Å². The summed E-state index contributed by atoms with van der Waals surface area (Å²) in [7, 11) is 1.62. The maximum atomic E-state index is 11.5. The lowest BCUT2D eigenvalue weighted by Gasteiger charge is -2.27. The molecular weight excluding hydrogens is 168 g/mol. The van der Waals surface area contributed by atoms with E-state index in [1.165, 1.54) is 0 Å². The van der Waals surface area contributed by atoms with E-state index in [0.717, 1.165) is 0 Å². The number of ether oxygens (including phenoxy) is 1. The van der Waals surface area contributed by atoms with Crippen molar-refractivity contribution >= 4 is 5.91 Å². The molecule has 0 aliphatic carbocycles. The van der Waals surface area contributed by atoms with Gasteiger partial charge in [0.2, 0.25) is 5.91 Å². The molecule has 0 radical (unpaired) electrons. The molecule has 13 heavy (non-hydrogen) atoms. The van der Waals surface area contributed by atoms with E-state index in [2.05, 4.69) is 0 Å². The standard InChI is InChI=1S/C9H20N2O2/c1-7(2)11(5-6-13-4)9(12)8(3)10/h7-8H,5-6,10H2,1-4H3/t8-/m1/s1. The molecule has 0 aromatic heterocycles. The Kier molecular flexibility index (Phi) is 5.66. The topological polar surface area (TPSA) is 55.6 Å². The van der Waals surface area contributed by atoms with Crippen LogP contribution in [-0.2, 0) is 9.53 Å². The fraction of sp³-hybridized carbons (Fsp3) is 0.889. The van der Waals surface area contributed by atoms with E-state index in [0.29, 0.717) is 13.2 Å². The summed E-state index contributed by atoms with van der Waals surface area (Å²) >= 11 is 0. The highest BCUT2D eigenvalue weighted by atomic mass is 16.5. The first-order chi connectivity index (χ1) is 6.00. The molecule has 0 fully saturated rings. The van der Waals surface area contributed by atoms with Gasteiger partial charge in [0.15, 0.2) is 0 Å². The minimum atomic E-state index is -0.431. The van der Waals surface area contributed by atoms with Crippen molar-refractivity contribution < 1.29 is 9.53 Å². The van der Waals surface area contributed by atoms with Crippen molar-refractivity contribution in [2.75, 3.05) is 20.3 Å². The van der Waals surface area contributed by atoms with Crippen LogP contribution in [-0.4, -0.2) is 43.2 Å². The first-order valence-electron chi connectivity index (χ1n) is 4.55. The molecule has 0 aromatic carbocycles. The van der Waals surface area contributed by atoms with Crippen LogP contribution >= 0.6 is 0 Å². The molecule has 0 rings (SSSR count). The summed E-state index contributed by atoms with van der Waals surface area (Å²) in [5, 5.41) is 0. The van der Waals surface area contributed by atoms with Crippen molar-refractivity contribution in [1.29, 1.82) is 0 Å². The molecule has 2 N–H and O–H groups in total. The molecule has 1 atom stereocenters. The Hall–Kier alpha value is -0.610. The molecular formula is C9H20N2O2. The van der Waals surface area contributed by atoms with Crippen LogP contribution in [0, 0.1) is 0 Å². The third-order valence-corrected chi connectivity index (χ3v) is 1.83. The monoisotopic (exact) mass is 188 g/mol. The second-order valence-corrected chi connectivity index (χ2v) is 3.41. The van der Waals surface area contributed by atoms with Gasteiger partial charge >= 0.3 is 0 Å². The normalized spacial score (nSPS) is 13.1. The SMILES string of the molecule is COCCN(C(=O)[C@@H](C)N)C(C)C. The molecule has 0 saturated carbocycles. The summed E-state index contributed by atoms with van der Waals surface area (Å²) < 4.78 is 4.92. The number of carbonyl (C=O) groups excluding carboxylic acids is 1.